The number of nitrogens with zero attached hydrogens (tertiary/aromatic N) is 3. The lowest BCUT2D eigenvalue weighted by molar-refractivity contribution is 0.669. The van der Waals surface area contributed by atoms with Crippen LogP contribution in [0.1, 0.15) is 0 Å². The molecule has 0 N–H and O–H groups in total. The van der Waals surface area contributed by atoms with E-state index in [9.17, 15) is 0 Å². The average molecular weight is 702 g/mol. The first kappa shape index (κ1) is 31.1. The Morgan fingerprint density at radius 1 is 0.291 bits per heavy atom. The van der Waals surface area contributed by atoms with Crippen LogP contribution in [0, 0.1) is 0 Å². The molecule has 11 rings (SSSR count). The van der Waals surface area contributed by atoms with E-state index >= 15 is 0 Å². The predicted octanol–water partition coefficient (Wildman–Crippen LogP) is 13.4. The fourth-order valence-electron chi connectivity index (χ4n) is 8.26. The standard InChI is InChI=1S/C51H31N3O/c1-3-15-32(16-4-1)49-52-50(33-17-5-2-6-18-33)54-51(53-49)43-26-13-25-40-38-21-9-7-19-36(38)37-20-8-10-22-39(37)44-31-34(29-30-41(44)47(40)43)35-24-14-28-46-48(35)42-23-11-12-27-45(42)55-46/h1-31H. The molecule has 0 spiro atoms. The molecule has 0 amide bonds. The Morgan fingerprint density at radius 2 is 0.782 bits per heavy atom. The van der Waals surface area contributed by atoms with Crippen molar-refractivity contribution in [3.63, 3.8) is 0 Å². The summed E-state index contributed by atoms with van der Waals surface area (Å²) in [6.07, 6.45) is 0. The third-order valence-electron chi connectivity index (χ3n) is 10.7. The zero-order valence-electron chi connectivity index (χ0n) is 29.6. The summed E-state index contributed by atoms with van der Waals surface area (Å²) in [5, 5.41) is 2.23. The first-order valence-electron chi connectivity index (χ1n) is 18.5. The van der Waals surface area contributed by atoms with Gasteiger partial charge >= 0.3 is 0 Å². The Morgan fingerprint density at radius 3 is 1.47 bits per heavy atom. The molecule has 256 valence electrons. The number of rotatable bonds is 4. The predicted molar refractivity (Wildman–Crippen MR) is 224 cm³/mol. The van der Waals surface area contributed by atoms with Crippen molar-refractivity contribution in [1.29, 1.82) is 0 Å². The van der Waals surface area contributed by atoms with E-state index in [1.165, 1.54) is 16.7 Å². The van der Waals surface area contributed by atoms with Crippen molar-refractivity contribution in [3.8, 4) is 89.8 Å². The number of fused-ring (bicyclic) bond motifs is 11. The lowest BCUT2D eigenvalue weighted by Gasteiger charge is -2.25. The maximum absolute atomic E-state index is 6.33. The summed E-state index contributed by atoms with van der Waals surface area (Å²) in [5.41, 5.74) is 16.0. The summed E-state index contributed by atoms with van der Waals surface area (Å²) in [5.74, 6) is 1.89. The highest BCUT2D eigenvalue weighted by Gasteiger charge is 2.26. The molecule has 4 nitrogen and oxygen atoms in total. The van der Waals surface area contributed by atoms with Gasteiger partial charge in [0.1, 0.15) is 11.2 Å². The lowest BCUT2D eigenvalue weighted by atomic mass is 9.78. The van der Waals surface area contributed by atoms with Gasteiger partial charge in [0.2, 0.25) is 0 Å². The van der Waals surface area contributed by atoms with Crippen molar-refractivity contribution < 1.29 is 4.42 Å². The van der Waals surface area contributed by atoms with Gasteiger partial charge in [-0.05, 0) is 68.3 Å². The molecule has 2 aromatic heterocycles. The van der Waals surface area contributed by atoms with E-state index in [1.54, 1.807) is 0 Å². The summed E-state index contributed by atoms with van der Waals surface area (Å²) in [6.45, 7) is 0. The maximum atomic E-state index is 6.33. The van der Waals surface area contributed by atoms with Gasteiger partial charge in [0.05, 0.1) is 0 Å². The van der Waals surface area contributed by atoms with E-state index in [0.717, 1.165) is 77.6 Å². The molecule has 1 aliphatic rings. The van der Waals surface area contributed by atoms with Crippen LogP contribution < -0.4 is 0 Å². The van der Waals surface area contributed by atoms with Gasteiger partial charge in [-0.2, -0.15) is 0 Å². The van der Waals surface area contributed by atoms with Crippen LogP contribution in [0.2, 0.25) is 0 Å². The molecular formula is C51H31N3O. The normalized spacial score (nSPS) is 11.6. The number of benzene rings is 8. The summed E-state index contributed by atoms with van der Waals surface area (Å²) < 4.78 is 6.33. The van der Waals surface area contributed by atoms with E-state index in [2.05, 4.69) is 140 Å². The van der Waals surface area contributed by atoms with Gasteiger partial charge in [-0.3, -0.25) is 0 Å². The molecule has 8 aromatic carbocycles. The van der Waals surface area contributed by atoms with Crippen molar-refractivity contribution in [2.45, 2.75) is 0 Å². The second kappa shape index (κ2) is 12.6. The highest BCUT2D eigenvalue weighted by molar-refractivity contribution is 6.13. The smallest absolute Gasteiger partial charge is 0.164 e. The third kappa shape index (κ3) is 5.11. The van der Waals surface area contributed by atoms with Gasteiger partial charge in [0.15, 0.2) is 17.5 Å². The van der Waals surface area contributed by atoms with Crippen molar-refractivity contribution in [1.82, 2.24) is 15.0 Å². The van der Waals surface area contributed by atoms with Gasteiger partial charge in [0, 0.05) is 33.0 Å². The minimum atomic E-state index is 0.626. The number of hydrogen-bond donors (Lipinski definition) is 0. The topological polar surface area (TPSA) is 51.8 Å². The van der Waals surface area contributed by atoms with Crippen LogP contribution in [0.3, 0.4) is 0 Å². The molecular weight excluding hydrogens is 671 g/mol. The lowest BCUT2D eigenvalue weighted by Crippen LogP contribution is -2.03. The molecule has 55 heavy (non-hydrogen) atoms. The summed E-state index contributed by atoms with van der Waals surface area (Å²) in [4.78, 5) is 15.5. The molecule has 0 radical (unpaired) electrons. The summed E-state index contributed by atoms with van der Waals surface area (Å²) in [7, 11) is 0. The zero-order chi connectivity index (χ0) is 36.3. The van der Waals surface area contributed by atoms with E-state index in [0.29, 0.717) is 17.5 Å². The SMILES string of the molecule is c1ccc(-c2nc(-c3ccccc3)nc(-c3cccc4c3-c3ccc(-c5cccc6oc7ccccc7c56)cc3-c3ccccc3-c3ccccc3-4)n2)cc1. The van der Waals surface area contributed by atoms with Crippen LogP contribution in [0.25, 0.3) is 112 Å². The average Bonchev–Trinajstić information content (AvgIpc) is 3.65. The highest BCUT2D eigenvalue weighted by atomic mass is 16.3. The van der Waals surface area contributed by atoms with E-state index in [1.807, 2.05) is 48.5 Å². The van der Waals surface area contributed by atoms with Gasteiger partial charge in [-0.15, -0.1) is 0 Å². The Hall–Kier alpha value is -7.43. The van der Waals surface area contributed by atoms with Crippen LogP contribution in [0.4, 0.5) is 0 Å². The second-order valence-electron chi connectivity index (χ2n) is 13.9. The number of para-hydroxylation sites is 1. The molecule has 1 aliphatic carbocycles. The van der Waals surface area contributed by atoms with Crippen molar-refractivity contribution in [2.75, 3.05) is 0 Å². The molecule has 2 heterocycles. The first-order chi connectivity index (χ1) is 27.3. The Bertz CT molecular complexity index is 3030. The van der Waals surface area contributed by atoms with Crippen LogP contribution in [-0.4, -0.2) is 15.0 Å². The summed E-state index contributed by atoms with van der Waals surface area (Å²) in [6, 6.07) is 65.9. The highest BCUT2D eigenvalue weighted by Crippen LogP contribution is 2.51. The number of aromatic nitrogens is 3. The van der Waals surface area contributed by atoms with Gasteiger partial charge < -0.3 is 4.42 Å². The molecule has 0 aliphatic heterocycles. The fraction of sp³-hybridized carbons (Fsp3) is 0. The van der Waals surface area contributed by atoms with Crippen LogP contribution in [0.5, 0.6) is 0 Å². The van der Waals surface area contributed by atoms with Crippen LogP contribution in [0.15, 0.2) is 192 Å². The van der Waals surface area contributed by atoms with E-state index in [4.69, 9.17) is 19.4 Å². The fourth-order valence-corrected chi connectivity index (χ4v) is 8.26. The maximum Gasteiger partial charge on any atom is 0.164 e. The van der Waals surface area contributed by atoms with Crippen molar-refractivity contribution in [2.24, 2.45) is 0 Å². The van der Waals surface area contributed by atoms with Gasteiger partial charge in [-0.25, -0.2) is 15.0 Å². The molecule has 4 heteroatoms. The Kier molecular flexibility index (Phi) is 7.14. The minimum Gasteiger partial charge on any atom is -0.456 e. The monoisotopic (exact) mass is 701 g/mol. The third-order valence-corrected chi connectivity index (χ3v) is 10.7. The molecule has 0 atom stereocenters. The largest absolute Gasteiger partial charge is 0.456 e. The van der Waals surface area contributed by atoms with Gasteiger partial charge in [0.25, 0.3) is 0 Å². The molecule has 0 saturated heterocycles. The zero-order valence-corrected chi connectivity index (χ0v) is 29.6. The molecule has 0 saturated carbocycles. The van der Waals surface area contributed by atoms with Crippen LogP contribution >= 0.6 is 0 Å². The molecule has 0 unspecified atom stereocenters. The van der Waals surface area contributed by atoms with Crippen molar-refractivity contribution >= 4 is 21.9 Å². The quantitative estimate of drug-likeness (QED) is 0.183. The molecule has 10 aromatic rings. The van der Waals surface area contributed by atoms with Crippen molar-refractivity contribution in [3.05, 3.63) is 188 Å². The first-order valence-corrected chi connectivity index (χ1v) is 18.5. The Balaban J connectivity index is 1.22. The molecule has 0 fully saturated rings. The van der Waals surface area contributed by atoms with Gasteiger partial charge in [-0.1, -0.05) is 170 Å². The van der Waals surface area contributed by atoms with Crippen LogP contribution in [-0.2, 0) is 0 Å². The minimum absolute atomic E-state index is 0.626. The molecule has 0 bridgehead atoms. The van der Waals surface area contributed by atoms with E-state index < -0.39 is 0 Å². The Labute approximate surface area is 318 Å². The number of hydrogen-bond acceptors (Lipinski definition) is 4. The summed E-state index contributed by atoms with van der Waals surface area (Å²) >= 11 is 0. The second-order valence-corrected chi connectivity index (χ2v) is 13.9. The number of furan rings is 1. The van der Waals surface area contributed by atoms with E-state index in [-0.39, 0.29) is 0 Å².